The molecule has 3 heterocycles. The molecule has 0 spiro atoms. The molecule has 0 radical (unpaired) electrons. The fourth-order valence-corrected chi connectivity index (χ4v) is 9.64. The summed E-state index contributed by atoms with van der Waals surface area (Å²) in [6.07, 6.45) is 0.143. The van der Waals surface area contributed by atoms with Crippen molar-refractivity contribution >= 4 is 35.0 Å². The summed E-state index contributed by atoms with van der Waals surface area (Å²) in [4.78, 5) is 56.5. The molecule has 4 aliphatic rings. The maximum Gasteiger partial charge on any atom is 0.254 e. The molecule has 7 rings (SSSR count). The highest BCUT2D eigenvalue weighted by atomic mass is 19.1. The van der Waals surface area contributed by atoms with Crippen LogP contribution in [0.5, 0.6) is 5.75 Å². The maximum absolute atomic E-state index is 15.1. The van der Waals surface area contributed by atoms with Gasteiger partial charge in [-0.25, -0.2) is 4.39 Å². The van der Waals surface area contributed by atoms with Crippen LogP contribution in [0.2, 0.25) is 0 Å². The van der Waals surface area contributed by atoms with E-state index < -0.39 is 23.7 Å². The highest BCUT2D eigenvalue weighted by molar-refractivity contribution is 6.04. The summed E-state index contributed by atoms with van der Waals surface area (Å²) in [7, 11) is 0. The Balaban J connectivity index is 0.879. The molecule has 312 valence electrons. The fraction of sp³-hybridized carbons (Fsp3) is 0.489. The largest absolute Gasteiger partial charge is 0.489 e. The number of nitriles is 1. The summed E-state index contributed by atoms with van der Waals surface area (Å²) >= 11 is 0. The van der Waals surface area contributed by atoms with Gasteiger partial charge in [0.2, 0.25) is 11.8 Å². The van der Waals surface area contributed by atoms with E-state index in [2.05, 4.69) is 64.4 Å². The lowest BCUT2D eigenvalue weighted by molar-refractivity contribution is -0.164. The highest BCUT2D eigenvalue weighted by Crippen LogP contribution is 2.55. The molecule has 4 amide bonds. The second-order valence-corrected chi connectivity index (χ2v) is 17.5. The van der Waals surface area contributed by atoms with Crippen molar-refractivity contribution in [1.82, 2.24) is 20.9 Å². The minimum atomic E-state index is -0.877. The Morgan fingerprint density at radius 2 is 1.56 bits per heavy atom. The average Bonchev–Trinajstić information content (AvgIpc) is 3.20. The number of morpholine rings is 1. The van der Waals surface area contributed by atoms with Gasteiger partial charge < -0.3 is 29.9 Å². The van der Waals surface area contributed by atoms with E-state index in [9.17, 15) is 24.4 Å². The Morgan fingerprint density at radius 1 is 0.898 bits per heavy atom. The van der Waals surface area contributed by atoms with Crippen LogP contribution in [-0.4, -0.2) is 105 Å². The lowest BCUT2D eigenvalue weighted by Gasteiger charge is -2.63. The van der Waals surface area contributed by atoms with Gasteiger partial charge >= 0.3 is 0 Å². The summed E-state index contributed by atoms with van der Waals surface area (Å²) in [5, 5.41) is 17.5. The predicted molar refractivity (Wildman–Crippen MR) is 221 cm³/mol. The molecule has 3 saturated heterocycles. The van der Waals surface area contributed by atoms with Gasteiger partial charge in [0.25, 0.3) is 11.8 Å². The van der Waals surface area contributed by atoms with Crippen LogP contribution in [0, 0.1) is 41.8 Å². The van der Waals surface area contributed by atoms with Crippen LogP contribution in [0.1, 0.15) is 77.9 Å². The van der Waals surface area contributed by atoms with Crippen molar-refractivity contribution in [2.45, 2.75) is 78.7 Å². The number of benzene rings is 3. The molecular weight excluding hydrogens is 754 g/mol. The molecule has 59 heavy (non-hydrogen) atoms. The van der Waals surface area contributed by atoms with Crippen molar-refractivity contribution in [3.8, 4) is 11.8 Å². The molecule has 0 unspecified atom stereocenters. The van der Waals surface area contributed by atoms with Crippen molar-refractivity contribution < 1.29 is 33.0 Å². The van der Waals surface area contributed by atoms with Gasteiger partial charge in [0, 0.05) is 86.0 Å². The van der Waals surface area contributed by atoms with Crippen LogP contribution in [0.15, 0.2) is 54.6 Å². The van der Waals surface area contributed by atoms with Crippen molar-refractivity contribution in [2.75, 3.05) is 62.2 Å². The van der Waals surface area contributed by atoms with Crippen LogP contribution in [0.4, 0.5) is 15.8 Å². The minimum Gasteiger partial charge on any atom is -0.489 e. The molecule has 1 aliphatic carbocycles. The van der Waals surface area contributed by atoms with Crippen molar-refractivity contribution in [3.63, 3.8) is 0 Å². The number of hydrogen-bond donors (Lipinski definition) is 3. The van der Waals surface area contributed by atoms with Crippen LogP contribution in [0.25, 0.3) is 0 Å². The number of hydrogen-bond acceptors (Lipinski definition) is 10. The van der Waals surface area contributed by atoms with Gasteiger partial charge in [-0.3, -0.25) is 29.4 Å². The zero-order valence-corrected chi connectivity index (χ0v) is 34.7. The number of nitrogens with one attached hydrogen (secondary N) is 3. The third kappa shape index (κ3) is 8.63. The predicted octanol–water partition coefficient (Wildman–Crippen LogP) is 4.49. The first-order chi connectivity index (χ1) is 28.0. The summed E-state index contributed by atoms with van der Waals surface area (Å²) in [6, 6.07) is 17.4. The smallest absolute Gasteiger partial charge is 0.254 e. The zero-order valence-electron chi connectivity index (χ0n) is 34.7. The molecule has 3 aromatic carbocycles. The second-order valence-electron chi connectivity index (χ2n) is 17.5. The molecule has 2 atom stereocenters. The Morgan fingerprint density at radius 3 is 2.19 bits per heavy atom. The number of piperidine rings is 1. The molecule has 14 heteroatoms. The number of rotatable bonds is 10. The number of piperazine rings is 1. The van der Waals surface area contributed by atoms with Gasteiger partial charge in [-0.1, -0.05) is 27.7 Å². The molecule has 3 aromatic rings. The number of imide groups is 1. The van der Waals surface area contributed by atoms with Crippen LogP contribution >= 0.6 is 0 Å². The van der Waals surface area contributed by atoms with Crippen LogP contribution in [-0.2, 0) is 14.3 Å². The third-order valence-electron chi connectivity index (χ3n) is 12.6. The Kier molecular flexibility index (Phi) is 11.7. The number of carbonyl (C=O) groups is 4. The van der Waals surface area contributed by atoms with E-state index in [0.29, 0.717) is 43.1 Å². The Hall–Kier alpha value is -5.52. The van der Waals surface area contributed by atoms with E-state index in [4.69, 9.17) is 9.47 Å². The SMILES string of the molecule is Cc1cc(O[C@H]2C(C)(C)[C@H](NC(=O)c3ccc(N4CCO[C@H](CN5CCN(c6ccc(C(=O)N[C@H]7CCC(=O)NC7=O)c(F)c6)CC5)C4)cc3)C2(C)C)cc(C)c1C#N. The quantitative estimate of drug-likeness (QED) is 0.250. The van der Waals surface area contributed by atoms with Crippen molar-refractivity contribution in [3.05, 3.63) is 88.2 Å². The molecule has 0 aromatic heterocycles. The molecule has 3 N–H and O–H groups in total. The molecule has 4 fully saturated rings. The molecule has 1 saturated carbocycles. The van der Waals surface area contributed by atoms with Gasteiger partial charge in [0.05, 0.1) is 29.9 Å². The Labute approximate surface area is 345 Å². The molecular formula is C45H54FN7O6. The van der Waals surface area contributed by atoms with Crippen molar-refractivity contribution in [1.29, 1.82) is 5.26 Å². The lowest BCUT2D eigenvalue weighted by atomic mass is 9.49. The third-order valence-corrected chi connectivity index (χ3v) is 12.6. The number of carbonyl (C=O) groups excluding carboxylic acids is 4. The van der Waals surface area contributed by atoms with E-state index in [1.165, 1.54) is 12.1 Å². The number of anilines is 2. The van der Waals surface area contributed by atoms with E-state index in [1.54, 1.807) is 6.07 Å². The van der Waals surface area contributed by atoms with E-state index in [0.717, 1.165) is 48.7 Å². The molecule has 0 bridgehead atoms. The first-order valence-corrected chi connectivity index (χ1v) is 20.4. The number of halogens is 1. The summed E-state index contributed by atoms with van der Waals surface area (Å²) in [6.45, 7) is 18.0. The van der Waals surface area contributed by atoms with E-state index in [1.807, 2.05) is 50.2 Å². The maximum atomic E-state index is 15.1. The van der Waals surface area contributed by atoms with Crippen molar-refractivity contribution in [2.24, 2.45) is 10.8 Å². The second kappa shape index (κ2) is 16.6. The Bertz CT molecular complexity index is 2120. The zero-order chi connectivity index (χ0) is 42.2. The normalized spacial score (nSPS) is 24.0. The summed E-state index contributed by atoms with van der Waals surface area (Å²) in [5.41, 5.74) is 3.92. The molecule has 3 aliphatic heterocycles. The van der Waals surface area contributed by atoms with E-state index in [-0.39, 0.29) is 59.3 Å². The van der Waals surface area contributed by atoms with Gasteiger partial charge in [-0.2, -0.15) is 5.26 Å². The number of ether oxygens (including phenoxy) is 2. The summed E-state index contributed by atoms with van der Waals surface area (Å²) < 4.78 is 27.8. The summed E-state index contributed by atoms with van der Waals surface area (Å²) in [5.74, 6) is -1.73. The van der Waals surface area contributed by atoms with Gasteiger partial charge in [-0.05, 0) is 86.0 Å². The standard InChI is InChI=1S/C45H54FN7O6/c1-27-21-32(22-28(2)35(27)24-47)59-43-44(3,4)42(45(43,5)6)50-39(55)29-7-9-30(10-8-29)53-19-20-58-33(26-53)25-51-15-17-52(18-16-51)31-11-12-34(36(46)23-31)40(56)48-37-13-14-38(54)49-41(37)57/h7-12,21-23,33,37,42-43H,13-20,25-26H2,1-6H3,(H,48,56)(H,50,55)(H,49,54,57)/t33-,37+,42-,43-/m1/s1. The average molecular weight is 808 g/mol. The van der Waals surface area contributed by atoms with Gasteiger partial charge in [-0.15, -0.1) is 0 Å². The lowest BCUT2D eigenvalue weighted by Crippen LogP contribution is -2.74. The topological polar surface area (TPSA) is 156 Å². The molecule has 13 nitrogen and oxygen atoms in total. The number of nitrogens with zero attached hydrogens (tertiary/aromatic N) is 4. The fourth-order valence-electron chi connectivity index (χ4n) is 9.64. The first-order valence-electron chi connectivity index (χ1n) is 20.4. The highest BCUT2D eigenvalue weighted by Gasteiger charge is 2.64. The monoisotopic (exact) mass is 807 g/mol. The van der Waals surface area contributed by atoms with Gasteiger partial charge in [0.15, 0.2) is 0 Å². The van der Waals surface area contributed by atoms with E-state index >= 15 is 4.39 Å². The first kappa shape index (κ1) is 41.6. The van der Waals surface area contributed by atoms with Crippen LogP contribution in [0.3, 0.4) is 0 Å². The number of aryl methyl sites for hydroxylation is 2. The van der Waals surface area contributed by atoms with Crippen LogP contribution < -0.4 is 30.5 Å². The number of amides is 4. The van der Waals surface area contributed by atoms with Gasteiger partial charge in [0.1, 0.15) is 23.7 Å². The minimum absolute atomic E-state index is 0.00626.